The normalized spacial score (nSPS) is 11.8. The predicted molar refractivity (Wildman–Crippen MR) is 69.2 cm³/mol. The molecule has 0 saturated carbocycles. The average Bonchev–Trinajstić information content (AvgIpc) is 2.61. The average molecular weight is 230 g/mol. The lowest BCUT2D eigenvalue weighted by molar-refractivity contribution is 0.544. The lowest BCUT2D eigenvalue weighted by Crippen LogP contribution is -2.19. The summed E-state index contributed by atoms with van der Waals surface area (Å²) in [6, 6.07) is 8.16. The highest BCUT2D eigenvalue weighted by atomic mass is 15.4. The summed E-state index contributed by atoms with van der Waals surface area (Å²) in [5, 5.41) is 8.10. The molecule has 0 aliphatic heterocycles. The molecule has 2 aromatic rings. The molecule has 0 unspecified atom stereocenters. The van der Waals surface area contributed by atoms with E-state index in [0.717, 1.165) is 11.4 Å². The number of benzene rings is 1. The summed E-state index contributed by atoms with van der Waals surface area (Å²) in [4.78, 5) is 0. The summed E-state index contributed by atoms with van der Waals surface area (Å²) in [6.07, 6.45) is 0. The molecular weight excluding hydrogens is 212 g/mol. The van der Waals surface area contributed by atoms with E-state index in [0.29, 0.717) is 5.82 Å². The zero-order chi connectivity index (χ0) is 12.6. The number of nitrogens with zero attached hydrogens (tertiary/aromatic N) is 3. The number of nitrogens with two attached hydrogens (primary N) is 1. The van der Waals surface area contributed by atoms with Crippen LogP contribution >= 0.6 is 0 Å². The molecule has 90 valence electrons. The van der Waals surface area contributed by atoms with Crippen LogP contribution in [0.3, 0.4) is 0 Å². The first-order valence-corrected chi connectivity index (χ1v) is 5.68. The van der Waals surface area contributed by atoms with Crippen molar-refractivity contribution < 1.29 is 0 Å². The van der Waals surface area contributed by atoms with E-state index in [1.165, 1.54) is 5.56 Å². The first kappa shape index (κ1) is 11.6. The standard InChI is InChI=1S/C13H18N4/c1-9-5-7-10(8-6-9)17-11(13(2,3)4)12(14)15-16-17/h5-8H,14H2,1-4H3. The molecule has 1 heterocycles. The van der Waals surface area contributed by atoms with Gasteiger partial charge in [0.15, 0.2) is 5.82 Å². The van der Waals surface area contributed by atoms with Gasteiger partial charge in [-0.2, -0.15) is 0 Å². The Kier molecular flexibility index (Phi) is 2.65. The zero-order valence-electron chi connectivity index (χ0n) is 10.7. The zero-order valence-corrected chi connectivity index (χ0v) is 10.7. The molecule has 0 saturated heterocycles. The van der Waals surface area contributed by atoms with E-state index in [9.17, 15) is 0 Å². The summed E-state index contributed by atoms with van der Waals surface area (Å²) in [5.74, 6) is 0.498. The van der Waals surface area contributed by atoms with Gasteiger partial charge in [-0.15, -0.1) is 5.10 Å². The Bertz CT molecular complexity index is 517. The van der Waals surface area contributed by atoms with Gasteiger partial charge < -0.3 is 5.73 Å². The van der Waals surface area contributed by atoms with Crippen LogP contribution in [0.15, 0.2) is 24.3 Å². The maximum Gasteiger partial charge on any atom is 0.170 e. The number of anilines is 1. The van der Waals surface area contributed by atoms with E-state index >= 15 is 0 Å². The van der Waals surface area contributed by atoms with E-state index in [4.69, 9.17) is 5.73 Å². The third-order valence-electron chi connectivity index (χ3n) is 2.69. The minimum absolute atomic E-state index is 0.0849. The van der Waals surface area contributed by atoms with E-state index < -0.39 is 0 Å². The molecule has 2 N–H and O–H groups in total. The van der Waals surface area contributed by atoms with Gasteiger partial charge >= 0.3 is 0 Å². The van der Waals surface area contributed by atoms with Crippen LogP contribution in [-0.2, 0) is 5.41 Å². The maximum absolute atomic E-state index is 5.90. The van der Waals surface area contributed by atoms with Crippen LogP contribution in [-0.4, -0.2) is 15.0 Å². The van der Waals surface area contributed by atoms with Crippen molar-refractivity contribution >= 4 is 5.82 Å². The van der Waals surface area contributed by atoms with Crippen LogP contribution in [0.1, 0.15) is 32.0 Å². The summed E-state index contributed by atoms with van der Waals surface area (Å²) in [5.41, 5.74) is 8.97. The van der Waals surface area contributed by atoms with Crippen LogP contribution in [0, 0.1) is 6.92 Å². The van der Waals surface area contributed by atoms with Crippen LogP contribution in [0.5, 0.6) is 0 Å². The van der Waals surface area contributed by atoms with Gasteiger partial charge in [0.25, 0.3) is 0 Å². The van der Waals surface area contributed by atoms with Crippen molar-refractivity contribution in [3.63, 3.8) is 0 Å². The topological polar surface area (TPSA) is 56.7 Å². The van der Waals surface area contributed by atoms with Crippen LogP contribution in [0.4, 0.5) is 5.82 Å². The molecule has 4 nitrogen and oxygen atoms in total. The van der Waals surface area contributed by atoms with Crippen molar-refractivity contribution in [1.29, 1.82) is 0 Å². The highest BCUT2D eigenvalue weighted by molar-refractivity contribution is 5.44. The van der Waals surface area contributed by atoms with Gasteiger partial charge in [-0.1, -0.05) is 43.7 Å². The monoisotopic (exact) mass is 230 g/mol. The molecule has 0 aliphatic carbocycles. The predicted octanol–water partition coefficient (Wildman–Crippen LogP) is 2.46. The lowest BCUT2D eigenvalue weighted by Gasteiger charge is -2.20. The molecule has 4 heteroatoms. The van der Waals surface area contributed by atoms with Crippen molar-refractivity contribution in [2.24, 2.45) is 0 Å². The van der Waals surface area contributed by atoms with Crippen molar-refractivity contribution in [1.82, 2.24) is 15.0 Å². The van der Waals surface area contributed by atoms with Crippen molar-refractivity contribution in [3.8, 4) is 5.69 Å². The Hall–Kier alpha value is -1.84. The Balaban J connectivity index is 2.57. The van der Waals surface area contributed by atoms with Crippen LogP contribution in [0.25, 0.3) is 5.69 Å². The summed E-state index contributed by atoms with van der Waals surface area (Å²) in [6.45, 7) is 8.37. The largest absolute Gasteiger partial charge is 0.381 e. The molecule has 1 aromatic heterocycles. The highest BCUT2D eigenvalue weighted by Gasteiger charge is 2.24. The molecule has 0 fully saturated rings. The number of rotatable bonds is 1. The number of aryl methyl sites for hydroxylation is 1. The van der Waals surface area contributed by atoms with E-state index in [2.05, 4.69) is 50.1 Å². The second-order valence-corrected chi connectivity index (χ2v) is 5.32. The number of hydrogen-bond donors (Lipinski definition) is 1. The summed E-state index contributed by atoms with van der Waals surface area (Å²) in [7, 11) is 0. The van der Waals surface area contributed by atoms with E-state index in [-0.39, 0.29) is 5.41 Å². The third-order valence-corrected chi connectivity index (χ3v) is 2.69. The number of aromatic nitrogens is 3. The molecule has 0 aliphatic rings. The third kappa shape index (κ3) is 2.16. The maximum atomic E-state index is 5.90. The fourth-order valence-electron chi connectivity index (χ4n) is 1.86. The van der Waals surface area contributed by atoms with Crippen molar-refractivity contribution in [2.45, 2.75) is 33.1 Å². The van der Waals surface area contributed by atoms with Gasteiger partial charge in [0.1, 0.15) is 0 Å². The van der Waals surface area contributed by atoms with Gasteiger partial charge in [0.05, 0.1) is 11.4 Å². The fourth-order valence-corrected chi connectivity index (χ4v) is 1.86. The van der Waals surface area contributed by atoms with Gasteiger partial charge in [-0.3, -0.25) is 0 Å². The molecule has 0 spiro atoms. The molecule has 1 aromatic carbocycles. The Morgan fingerprint density at radius 1 is 1.12 bits per heavy atom. The number of hydrogen-bond acceptors (Lipinski definition) is 3. The summed E-state index contributed by atoms with van der Waals surface area (Å²) < 4.78 is 1.81. The minimum atomic E-state index is -0.0849. The molecular formula is C13H18N4. The second kappa shape index (κ2) is 3.87. The van der Waals surface area contributed by atoms with Gasteiger partial charge in [-0.05, 0) is 19.1 Å². The van der Waals surface area contributed by atoms with Gasteiger partial charge in [-0.25, -0.2) is 4.68 Å². The molecule has 0 radical (unpaired) electrons. The summed E-state index contributed by atoms with van der Waals surface area (Å²) >= 11 is 0. The minimum Gasteiger partial charge on any atom is -0.381 e. The van der Waals surface area contributed by atoms with E-state index in [1.54, 1.807) is 0 Å². The molecule has 2 rings (SSSR count). The Morgan fingerprint density at radius 3 is 2.24 bits per heavy atom. The lowest BCUT2D eigenvalue weighted by atomic mass is 9.91. The Morgan fingerprint density at radius 2 is 1.71 bits per heavy atom. The van der Waals surface area contributed by atoms with Gasteiger partial charge in [0.2, 0.25) is 0 Å². The SMILES string of the molecule is Cc1ccc(-n2nnc(N)c2C(C)(C)C)cc1. The molecule has 0 bridgehead atoms. The molecule has 0 atom stereocenters. The van der Waals surface area contributed by atoms with Crippen LogP contribution < -0.4 is 5.73 Å². The first-order chi connectivity index (χ1) is 7.89. The Labute approximate surface area is 101 Å². The van der Waals surface area contributed by atoms with Crippen molar-refractivity contribution in [3.05, 3.63) is 35.5 Å². The van der Waals surface area contributed by atoms with Crippen LogP contribution in [0.2, 0.25) is 0 Å². The highest BCUT2D eigenvalue weighted by Crippen LogP contribution is 2.28. The number of nitrogen functional groups attached to an aromatic ring is 1. The first-order valence-electron chi connectivity index (χ1n) is 5.68. The van der Waals surface area contributed by atoms with Gasteiger partial charge in [0, 0.05) is 5.41 Å². The second-order valence-electron chi connectivity index (χ2n) is 5.32. The van der Waals surface area contributed by atoms with Crippen molar-refractivity contribution in [2.75, 3.05) is 5.73 Å². The molecule has 17 heavy (non-hydrogen) atoms. The quantitative estimate of drug-likeness (QED) is 0.818. The van der Waals surface area contributed by atoms with E-state index in [1.807, 2.05) is 16.8 Å². The smallest absolute Gasteiger partial charge is 0.170 e. The fraction of sp³-hybridized carbons (Fsp3) is 0.385. The molecule has 0 amide bonds.